The standard InChI is InChI=1S/C21H21BrClN5O/c22-16-4-6-18(7-5-16)25-20(29)15-26-10-12-27(13-11-26)21-24-8-9-28(21)19-3-1-2-17(23)14-19/h1-9,14H,10-13,15H2,(H,25,29). The summed E-state index contributed by atoms with van der Waals surface area (Å²) in [5.74, 6) is 0.896. The van der Waals surface area contributed by atoms with Crippen LogP contribution in [0.1, 0.15) is 0 Å². The molecule has 1 fully saturated rings. The lowest BCUT2D eigenvalue weighted by atomic mass is 10.3. The summed E-state index contributed by atoms with van der Waals surface area (Å²) in [4.78, 5) is 21.3. The molecule has 1 aliphatic heterocycles. The number of nitrogens with one attached hydrogen (secondary N) is 1. The second kappa shape index (κ2) is 8.98. The van der Waals surface area contributed by atoms with Crippen LogP contribution in [0.15, 0.2) is 65.4 Å². The van der Waals surface area contributed by atoms with Crippen LogP contribution in [0, 0.1) is 0 Å². The van der Waals surface area contributed by atoms with Gasteiger partial charge >= 0.3 is 0 Å². The summed E-state index contributed by atoms with van der Waals surface area (Å²) in [7, 11) is 0. The largest absolute Gasteiger partial charge is 0.339 e. The van der Waals surface area contributed by atoms with E-state index in [-0.39, 0.29) is 5.91 Å². The van der Waals surface area contributed by atoms with Crippen molar-refractivity contribution in [2.24, 2.45) is 0 Å². The van der Waals surface area contributed by atoms with Gasteiger partial charge in [-0.05, 0) is 42.5 Å². The smallest absolute Gasteiger partial charge is 0.238 e. The van der Waals surface area contributed by atoms with Crippen molar-refractivity contribution < 1.29 is 4.79 Å². The Morgan fingerprint density at radius 2 is 1.86 bits per heavy atom. The van der Waals surface area contributed by atoms with Gasteiger partial charge in [0.1, 0.15) is 0 Å². The minimum absolute atomic E-state index is 0.00111. The topological polar surface area (TPSA) is 53.4 Å². The number of aromatic nitrogens is 2. The summed E-state index contributed by atoms with van der Waals surface area (Å²) in [6, 6.07) is 15.3. The van der Waals surface area contributed by atoms with E-state index >= 15 is 0 Å². The lowest BCUT2D eigenvalue weighted by Gasteiger charge is -2.35. The van der Waals surface area contributed by atoms with Crippen molar-refractivity contribution >= 4 is 45.1 Å². The number of hydrogen-bond acceptors (Lipinski definition) is 4. The van der Waals surface area contributed by atoms with E-state index in [9.17, 15) is 4.79 Å². The van der Waals surface area contributed by atoms with Gasteiger partial charge in [0.25, 0.3) is 0 Å². The van der Waals surface area contributed by atoms with Crippen LogP contribution in [0.4, 0.5) is 11.6 Å². The van der Waals surface area contributed by atoms with Gasteiger partial charge in [0, 0.05) is 59.4 Å². The van der Waals surface area contributed by atoms with Crippen molar-refractivity contribution in [1.29, 1.82) is 0 Å². The van der Waals surface area contributed by atoms with Crippen LogP contribution in [-0.2, 0) is 4.79 Å². The molecule has 0 aliphatic carbocycles. The molecule has 0 spiro atoms. The first kappa shape index (κ1) is 19.9. The first-order chi connectivity index (χ1) is 14.1. The molecule has 0 radical (unpaired) electrons. The summed E-state index contributed by atoms with van der Waals surface area (Å²) in [5.41, 5.74) is 1.79. The highest BCUT2D eigenvalue weighted by Gasteiger charge is 2.22. The van der Waals surface area contributed by atoms with Crippen LogP contribution < -0.4 is 10.2 Å². The minimum atomic E-state index is 0.00111. The molecule has 0 saturated carbocycles. The number of piperazine rings is 1. The maximum atomic E-state index is 12.3. The Bertz CT molecular complexity index is 983. The van der Waals surface area contributed by atoms with Crippen molar-refractivity contribution in [3.63, 3.8) is 0 Å². The molecule has 0 unspecified atom stereocenters. The molecular formula is C21H21BrClN5O. The fraction of sp³-hybridized carbons (Fsp3) is 0.238. The molecule has 1 amide bonds. The number of nitrogens with zero attached hydrogens (tertiary/aromatic N) is 4. The number of imidazole rings is 1. The lowest BCUT2D eigenvalue weighted by Crippen LogP contribution is -2.49. The van der Waals surface area contributed by atoms with E-state index < -0.39 is 0 Å². The zero-order chi connectivity index (χ0) is 20.2. The number of carbonyl (C=O) groups is 1. The average molecular weight is 475 g/mol. The zero-order valence-corrected chi connectivity index (χ0v) is 18.1. The van der Waals surface area contributed by atoms with E-state index in [0.29, 0.717) is 11.6 Å². The number of rotatable bonds is 5. The van der Waals surface area contributed by atoms with Crippen LogP contribution >= 0.6 is 27.5 Å². The van der Waals surface area contributed by atoms with Gasteiger partial charge in [-0.1, -0.05) is 33.6 Å². The summed E-state index contributed by atoms with van der Waals surface area (Å²) in [6.07, 6.45) is 3.74. The second-order valence-electron chi connectivity index (χ2n) is 6.90. The number of benzene rings is 2. The van der Waals surface area contributed by atoms with Crippen LogP contribution in [0.5, 0.6) is 0 Å². The highest BCUT2D eigenvalue weighted by Crippen LogP contribution is 2.22. The lowest BCUT2D eigenvalue weighted by molar-refractivity contribution is -0.117. The maximum absolute atomic E-state index is 12.3. The maximum Gasteiger partial charge on any atom is 0.238 e. The number of hydrogen-bond donors (Lipinski definition) is 1. The molecule has 3 aromatic rings. The fourth-order valence-electron chi connectivity index (χ4n) is 3.40. The van der Waals surface area contributed by atoms with E-state index in [4.69, 9.17) is 11.6 Å². The molecule has 150 valence electrons. The van der Waals surface area contributed by atoms with Crippen molar-refractivity contribution in [3.05, 3.63) is 70.4 Å². The minimum Gasteiger partial charge on any atom is -0.339 e. The first-order valence-corrected chi connectivity index (χ1v) is 10.6. The third-order valence-electron chi connectivity index (χ3n) is 4.86. The highest BCUT2D eigenvalue weighted by atomic mass is 79.9. The average Bonchev–Trinajstić information content (AvgIpc) is 3.20. The Hall–Kier alpha value is -2.35. The third-order valence-corrected chi connectivity index (χ3v) is 5.62. The summed E-state index contributed by atoms with van der Waals surface area (Å²) >= 11 is 9.54. The summed E-state index contributed by atoms with van der Waals surface area (Å²) in [5, 5.41) is 3.65. The molecule has 29 heavy (non-hydrogen) atoms. The molecule has 4 rings (SSSR count). The summed E-state index contributed by atoms with van der Waals surface area (Å²) in [6.45, 7) is 3.60. The number of halogens is 2. The van der Waals surface area contributed by atoms with E-state index in [1.165, 1.54) is 0 Å². The van der Waals surface area contributed by atoms with Crippen LogP contribution in [0.2, 0.25) is 5.02 Å². The van der Waals surface area contributed by atoms with Crippen LogP contribution in [0.25, 0.3) is 5.69 Å². The summed E-state index contributed by atoms with van der Waals surface area (Å²) < 4.78 is 3.03. The Labute approximate surface area is 183 Å². The van der Waals surface area contributed by atoms with Crippen molar-refractivity contribution in [1.82, 2.24) is 14.5 Å². The molecular weight excluding hydrogens is 454 g/mol. The van der Waals surface area contributed by atoms with Gasteiger partial charge in [-0.25, -0.2) is 4.98 Å². The van der Waals surface area contributed by atoms with Gasteiger partial charge in [0.2, 0.25) is 11.9 Å². The van der Waals surface area contributed by atoms with Crippen molar-refractivity contribution in [2.45, 2.75) is 0 Å². The molecule has 0 bridgehead atoms. The predicted molar refractivity (Wildman–Crippen MR) is 120 cm³/mol. The Balaban J connectivity index is 1.34. The molecule has 0 atom stereocenters. The van der Waals surface area contributed by atoms with E-state index in [1.54, 1.807) is 6.20 Å². The number of carbonyl (C=O) groups excluding carboxylic acids is 1. The monoisotopic (exact) mass is 473 g/mol. The van der Waals surface area contributed by atoms with Crippen molar-refractivity contribution in [3.8, 4) is 5.69 Å². The third kappa shape index (κ3) is 4.98. The normalized spacial score (nSPS) is 14.8. The molecule has 1 N–H and O–H groups in total. The Morgan fingerprint density at radius 3 is 2.59 bits per heavy atom. The molecule has 2 aromatic carbocycles. The molecule has 1 saturated heterocycles. The van der Waals surface area contributed by atoms with E-state index in [1.807, 2.05) is 59.3 Å². The van der Waals surface area contributed by atoms with Crippen LogP contribution in [0.3, 0.4) is 0 Å². The molecule has 6 nitrogen and oxygen atoms in total. The van der Waals surface area contributed by atoms with Gasteiger partial charge < -0.3 is 10.2 Å². The zero-order valence-electron chi connectivity index (χ0n) is 15.8. The van der Waals surface area contributed by atoms with E-state index in [0.717, 1.165) is 48.0 Å². The second-order valence-corrected chi connectivity index (χ2v) is 8.25. The molecule has 1 aromatic heterocycles. The molecule has 2 heterocycles. The van der Waals surface area contributed by atoms with E-state index in [2.05, 4.69) is 36.0 Å². The predicted octanol–water partition coefficient (Wildman–Crippen LogP) is 4.05. The van der Waals surface area contributed by atoms with Gasteiger partial charge in [0.05, 0.1) is 6.54 Å². The first-order valence-electron chi connectivity index (χ1n) is 9.40. The van der Waals surface area contributed by atoms with Gasteiger partial charge in [0.15, 0.2) is 0 Å². The van der Waals surface area contributed by atoms with Gasteiger partial charge in [-0.15, -0.1) is 0 Å². The SMILES string of the molecule is O=C(CN1CCN(c2nccn2-c2cccc(Cl)c2)CC1)Nc1ccc(Br)cc1. The van der Waals surface area contributed by atoms with Crippen LogP contribution in [-0.4, -0.2) is 53.1 Å². The Morgan fingerprint density at radius 1 is 1.10 bits per heavy atom. The molecule has 8 heteroatoms. The van der Waals surface area contributed by atoms with Gasteiger partial charge in [-0.3, -0.25) is 14.3 Å². The quantitative estimate of drug-likeness (QED) is 0.606. The number of anilines is 2. The number of amides is 1. The fourth-order valence-corrected chi connectivity index (χ4v) is 3.85. The Kier molecular flexibility index (Phi) is 6.18. The van der Waals surface area contributed by atoms with Crippen molar-refractivity contribution in [2.75, 3.05) is 42.9 Å². The van der Waals surface area contributed by atoms with Gasteiger partial charge in [-0.2, -0.15) is 0 Å². The molecule has 1 aliphatic rings. The highest BCUT2D eigenvalue weighted by molar-refractivity contribution is 9.10.